The number of hydrogen-bond acceptors (Lipinski definition) is 3. The fourth-order valence-corrected chi connectivity index (χ4v) is 1.83. The van der Waals surface area contributed by atoms with Gasteiger partial charge in [-0.3, -0.25) is 4.79 Å². The lowest BCUT2D eigenvalue weighted by molar-refractivity contribution is -0.142. The maximum absolute atomic E-state index is 12.1. The standard InChI is InChI=1S/C16H23NO3/c1-6-13(15(19)20-5)17-14(18)11-7-9-12(10-8-11)16(2,3)4/h7-10,13H,6H2,1-5H3,(H,17,18). The van der Waals surface area contributed by atoms with E-state index in [9.17, 15) is 9.59 Å². The second kappa shape index (κ2) is 6.55. The monoisotopic (exact) mass is 277 g/mol. The molecule has 1 aromatic rings. The van der Waals surface area contributed by atoms with E-state index in [2.05, 4.69) is 30.8 Å². The molecule has 0 saturated heterocycles. The molecule has 1 atom stereocenters. The fourth-order valence-electron chi connectivity index (χ4n) is 1.83. The van der Waals surface area contributed by atoms with Crippen LogP contribution in [0.1, 0.15) is 50.0 Å². The van der Waals surface area contributed by atoms with Crippen LogP contribution in [-0.4, -0.2) is 25.0 Å². The van der Waals surface area contributed by atoms with Crippen LogP contribution in [0.4, 0.5) is 0 Å². The van der Waals surface area contributed by atoms with E-state index in [0.717, 1.165) is 5.56 Å². The lowest BCUT2D eigenvalue weighted by atomic mass is 9.86. The molecule has 0 fully saturated rings. The van der Waals surface area contributed by atoms with Crippen LogP contribution in [0.15, 0.2) is 24.3 Å². The van der Waals surface area contributed by atoms with Crippen LogP contribution in [0.2, 0.25) is 0 Å². The predicted molar refractivity (Wildman–Crippen MR) is 78.7 cm³/mol. The van der Waals surface area contributed by atoms with Crippen LogP contribution in [0.25, 0.3) is 0 Å². The molecule has 110 valence electrons. The van der Waals surface area contributed by atoms with Crippen molar-refractivity contribution in [1.82, 2.24) is 5.32 Å². The second-order valence-electron chi connectivity index (χ2n) is 5.78. The highest BCUT2D eigenvalue weighted by Crippen LogP contribution is 2.22. The molecule has 1 unspecified atom stereocenters. The van der Waals surface area contributed by atoms with Crippen molar-refractivity contribution in [3.8, 4) is 0 Å². The van der Waals surface area contributed by atoms with Crippen LogP contribution < -0.4 is 5.32 Å². The van der Waals surface area contributed by atoms with Gasteiger partial charge in [-0.05, 0) is 29.5 Å². The Morgan fingerprint density at radius 3 is 2.15 bits per heavy atom. The first-order valence-electron chi connectivity index (χ1n) is 6.78. The van der Waals surface area contributed by atoms with E-state index in [1.54, 1.807) is 12.1 Å². The molecule has 0 aliphatic carbocycles. The lowest BCUT2D eigenvalue weighted by Crippen LogP contribution is -2.41. The summed E-state index contributed by atoms with van der Waals surface area (Å²) >= 11 is 0. The Hall–Kier alpha value is -1.84. The van der Waals surface area contributed by atoms with Crippen LogP contribution in [0.5, 0.6) is 0 Å². The molecule has 0 saturated carbocycles. The Labute approximate surface area is 120 Å². The smallest absolute Gasteiger partial charge is 0.328 e. The molecule has 0 aliphatic heterocycles. The average molecular weight is 277 g/mol. The van der Waals surface area contributed by atoms with Gasteiger partial charge < -0.3 is 10.1 Å². The zero-order valence-corrected chi connectivity index (χ0v) is 12.8. The number of carbonyl (C=O) groups excluding carboxylic acids is 2. The summed E-state index contributed by atoms with van der Waals surface area (Å²) < 4.78 is 4.65. The fraction of sp³-hybridized carbons (Fsp3) is 0.500. The molecule has 1 amide bonds. The van der Waals surface area contributed by atoms with E-state index >= 15 is 0 Å². The van der Waals surface area contributed by atoms with Crippen molar-refractivity contribution < 1.29 is 14.3 Å². The summed E-state index contributed by atoms with van der Waals surface area (Å²) in [4.78, 5) is 23.5. The number of esters is 1. The number of nitrogens with one attached hydrogen (secondary N) is 1. The molecule has 1 N–H and O–H groups in total. The number of methoxy groups -OCH3 is 1. The minimum absolute atomic E-state index is 0.0486. The molecular weight excluding hydrogens is 254 g/mol. The normalized spacial score (nSPS) is 12.7. The largest absolute Gasteiger partial charge is 0.467 e. The first-order chi connectivity index (χ1) is 9.29. The van der Waals surface area contributed by atoms with E-state index in [0.29, 0.717) is 12.0 Å². The van der Waals surface area contributed by atoms with Gasteiger partial charge in [0.1, 0.15) is 6.04 Å². The second-order valence-corrected chi connectivity index (χ2v) is 5.78. The van der Waals surface area contributed by atoms with Gasteiger partial charge >= 0.3 is 5.97 Å². The van der Waals surface area contributed by atoms with Gasteiger partial charge in [0.15, 0.2) is 0 Å². The molecule has 4 heteroatoms. The summed E-state index contributed by atoms with van der Waals surface area (Å²) in [5, 5.41) is 2.68. The maximum atomic E-state index is 12.1. The molecule has 0 heterocycles. The van der Waals surface area contributed by atoms with Crippen molar-refractivity contribution in [2.75, 3.05) is 7.11 Å². The topological polar surface area (TPSA) is 55.4 Å². The molecule has 20 heavy (non-hydrogen) atoms. The van der Waals surface area contributed by atoms with Gasteiger partial charge in [-0.15, -0.1) is 0 Å². The van der Waals surface area contributed by atoms with E-state index in [1.165, 1.54) is 7.11 Å². The minimum atomic E-state index is -0.602. The highest BCUT2D eigenvalue weighted by atomic mass is 16.5. The Bertz CT molecular complexity index is 471. The zero-order chi connectivity index (χ0) is 15.3. The predicted octanol–water partition coefficient (Wildman–Crippen LogP) is 2.67. The first-order valence-corrected chi connectivity index (χ1v) is 6.78. The van der Waals surface area contributed by atoms with Crippen LogP contribution in [0, 0.1) is 0 Å². The van der Waals surface area contributed by atoms with Gasteiger partial charge in [-0.25, -0.2) is 4.79 Å². The molecular formula is C16H23NO3. The lowest BCUT2D eigenvalue weighted by Gasteiger charge is -2.19. The number of ether oxygens (including phenoxy) is 1. The number of rotatable bonds is 4. The van der Waals surface area contributed by atoms with Gasteiger partial charge in [0.2, 0.25) is 0 Å². The molecule has 0 bridgehead atoms. The summed E-state index contributed by atoms with van der Waals surface area (Å²) in [5.74, 6) is -0.685. The Kier molecular flexibility index (Phi) is 5.31. The van der Waals surface area contributed by atoms with Gasteiger partial charge in [-0.2, -0.15) is 0 Å². The van der Waals surface area contributed by atoms with Crippen molar-refractivity contribution in [1.29, 1.82) is 0 Å². The van der Waals surface area contributed by atoms with Crippen molar-refractivity contribution in [3.05, 3.63) is 35.4 Å². The molecule has 0 spiro atoms. The Morgan fingerprint density at radius 2 is 1.75 bits per heavy atom. The molecule has 1 rings (SSSR count). The van der Waals surface area contributed by atoms with E-state index in [4.69, 9.17) is 0 Å². The van der Waals surface area contributed by atoms with Crippen molar-refractivity contribution in [3.63, 3.8) is 0 Å². The number of amides is 1. The third kappa shape index (κ3) is 4.08. The quantitative estimate of drug-likeness (QED) is 0.861. The van der Waals surface area contributed by atoms with Gasteiger partial charge in [-0.1, -0.05) is 39.8 Å². The molecule has 4 nitrogen and oxygen atoms in total. The van der Waals surface area contributed by atoms with Crippen molar-refractivity contribution in [2.24, 2.45) is 0 Å². The average Bonchev–Trinajstić information content (AvgIpc) is 2.42. The number of carbonyl (C=O) groups is 2. The third-order valence-corrected chi connectivity index (χ3v) is 3.21. The van der Waals surface area contributed by atoms with Crippen molar-refractivity contribution in [2.45, 2.75) is 45.6 Å². The van der Waals surface area contributed by atoms with Crippen molar-refractivity contribution >= 4 is 11.9 Å². The van der Waals surface area contributed by atoms with Crippen LogP contribution in [-0.2, 0) is 14.9 Å². The van der Waals surface area contributed by atoms with Crippen LogP contribution >= 0.6 is 0 Å². The number of benzene rings is 1. The van der Waals surface area contributed by atoms with E-state index in [1.807, 2.05) is 19.1 Å². The summed E-state index contributed by atoms with van der Waals surface area (Å²) in [6.45, 7) is 8.18. The van der Waals surface area contributed by atoms with Crippen LogP contribution in [0.3, 0.4) is 0 Å². The summed E-state index contributed by atoms with van der Waals surface area (Å²) in [6, 6.07) is 6.83. The summed E-state index contributed by atoms with van der Waals surface area (Å²) in [6.07, 6.45) is 0.499. The maximum Gasteiger partial charge on any atom is 0.328 e. The molecule has 0 radical (unpaired) electrons. The summed E-state index contributed by atoms with van der Waals surface area (Å²) in [7, 11) is 1.31. The molecule has 0 aromatic heterocycles. The third-order valence-electron chi connectivity index (χ3n) is 3.21. The highest BCUT2D eigenvalue weighted by Gasteiger charge is 2.20. The Balaban J connectivity index is 2.80. The minimum Gasteiger partial charge on any atom is -0.467 e. The first kappa shape index (κ1) is 16.2. The van der Waals surface area contributed by atoms with Gasteiger partial charge in [0.25, 0.3) is 5.91 Å². The van der Waals surface area contributed by atoms with E-state index in [-0.39, 0.29) is 11.3 Å². The SMILES string of the molecule is CCC(NC(=O)c1ccc(C(C)(C)C)cc1)C(=O)OC. The van der Waals surface area contributed by atoms with Gasteiger partial charge in [0, 0.05) is 5.56 Å². The van der Waals surface area contributed by atoms with E-state index < -0.39 is 12.0 Å². The molecule has 1 aromatic carbocycles. The number of hydrogen-bond donors (Lipinski definition) is 1. The highest BCUT2D eigenvalue weighted by molar-refractivity contribution is 5.96. The zero-order valence-electron chi connectivity index (χ0n) is 12.8. The summed E-state index contributed by atoms with van der Waals surface area (Å²) in [5.41, 5.74) is 1.75. The van der Waals surface area contributed by atoms with Gasteiger partial charge in [0.05, 0.1) is 7.11 Å². The Morgan fingerprint density at radius 1 is 1.20 bits per heavy atom. The molecule has 0 aliphatic rings.